The van der Waals surface area contributed by atoms with Crippen molar-refractivity contribution in [3.8, 4) is 11.1 Å². The second-order valence-corrected chi connectivity index (χ2v) is 10.6. The molecular weight excluding hydrogens is 536 g/mol. The number of aliphatic hydroxyl groups excluding tert-OH is 1. The highest BCUT2D eigenvalue weighted by Crippen LogP contribution is 2.24. The van der Waals surface area contributed by atoms with E-state index in [9.17, 15) is 9.59 Å². The number of aliphatic hydroxyl groups is 1. The van der Waals surface area contributed by atoms with Crippen LogP contribution in [0.3, 0.4) is 0 Å². The molecule has 0 aliphatic rings. The van der Waals surface area contributed by atoms with Crippen LogP contribution < -0.4 is 11.1 Å². The Labute approximate surface area is 257 Å². The lowest BCUT2D eigenvalue weighted by Gasteiger charge is -2.11. The molecule has 0 atom stereocenters. The number of carbonyl (C=O) groups is 2. The molecule has 43 heavy (non-hydrogen) atoms. The predicted molar refractivity (Wildman–Crippen MR) is 180 cm³/mol. The maximum Gasteiger partial charge on any atom is 0.251 e. The van der Waals surface area contributed by atoms with Gasteiger partial charge in [0.25, 0.3) is 5.91 Å². The van der Waals surface area contributed by atoms with E-state index in [1.807, 2.05) is 37.2 Å². The highest BCUT2D eigenvalue weighted by Gasteiger charge is 2.11. The zero-order chi connectivity index (χ0) is 31.8. The number of hydrogen-bond donors (Lipinski definition) is 3. The molecule has 3 aromatic carbocycles. The number of likely N-dealkylation sites (N-methyl/N-ethyl adjacent to an activating group) is 1. The molecule has 4 aromatic rings. The minimum atomic E-state index is -0.505. The Kier molecular flexibility index (Phi) is 14.9. The van der Waals surface area contributed by atoms with Crippen molar-refractivity contribution in [2.24, 2.45) is 12.8 Å². The number of fused-ring (bicyclic) bond motifs is 1. The second-order valence-electron chi connectivity index (χ2n) is 10.6. The lowest BCUT2D eigenvalue weighted by Crippen LogP contribution is -2.31. The fraction of sp³-hybridized carbons (Fsp3) is 0.333. The van der Waals surface area contributed by atoms with Crippen LogP contribution >= 0.6 is 0 Å². The summed E-state index contributed by atoms with van der Waals surface area (Å²) in [5, 5.41) is 13.0. The predicted octanol–water partition coefficient (Wildman–Crippen LogP) is 6.30. The second kappa shape index (κ2) is 18.4. The van der Waals surface area contributed by atoms with Gasteiger partial charge in [-0.15, -0.1) is 0 Å². The zero-order valence-corrected chi connectivity index (χ0v) is 26.4. The summed E-state index contributed by atoms with van der Waals surface area (Å²) in [7, 11) is 5.97. The van der Waals surface area contributed by atoms with Crippen molar-refractivity contribution in [3.05, 3.63) is 102 Å². The van der Waals surface area contributed by atoms with Crippen molar-refractivity contribution in [1.29, 1.82) is 0 Å². The number of nitrogens with two attached hydrogens (primary N) is 1. The first-order valence-electron chi connectivity index (χ1n) is 14.9. The van der Waals surface area contributed by atoms with Crippen molar-refractivity contribution >= 4 is 28.8 Å². The average molecular weight is 585 g/mol. The van der Waals surface area contributed by atoms with Gasteiger partial charge in [0.05, 0.1) is 0 Å². The Morgan fingerprint density at radius 3 is 2.33 bits per heavy atom. The Balaban J connectivity index is 0.000000299. The van der Waals surface area contributed by atoms with E-state index in [4.69, 9.17) is 10.8 Å². The first kappa shape index (κ1) is 35.0. The van der Waals surface area contributed by atoms with E-state index in [1.54, 1.807) is 30.3 Å². The fourth-order valence-electron chi connectivity index (χ4n) is 4.36. The van der Waals surface area contributed by atoms with E-state index in [1.165, 1.54) is 29.3 Å². The van der Waals surface area contributed by atoms with Crippen LogP contribution in [0.15, 0.2) is 79.5 Å². The van der Waals surface area contributed by atoms with E-state index >= 15 is 0 Å². The van der Waals surface area contributed by atoms with Crippen LogP contribution in [0.4, 0.5) is 0 Å². The third kappa shape index (κ3) is 10.9. The first-order valence-corrected chi connectivity index (χ1v) is 14.9. The molecule has 0 aliphatic carbocycles. The Bertz CT molecular complexity index is 1470. The third-order valence-electron chi connectivity index (χ3n) is 6.93. The summed E-state index contributed by atoms with van der Waals surface area (Å²) in [5.41, 5.74) is 11.4. The highest BCUT2D eigenvalue weighted by atomic mass is 16.3. The van der Waals surface area contributed by atoms with Crippen LogP contribution in [0, 0.1) is 0 Å². The largest absolute Gasteiger partial charge is 0.396 e. The normalized spacial score (nSPS) is 10.4. The van der Waals surface area contributed by atoms with Crippen LogP contribution in [0.25, 0.3) is 28.1 Å². The number of para-hydroxylation sites is 1. The average Bonchev–Trinajstić information content (AvgIpc) is 3.35. The number of aryl methyl sites for hydroxylation is 2. The summed E-state index contributed by atoms with van der Waals surface area (Å²) in [6, 6.07) is 21.1. The minimum absolute atomic E-state index is 0.124. The lowest BCUT2D eigenvalue weighted by atomic mass is 9.97. The van der Waals surface area contributed by atoms with Gasteiger partial charge in [-0.1, -0.05) is 81.8 Å². The van der Waals surface area contributed by atoms with Crippen LogP contribution in [0.5, 0.6) is 0 Å². The standard InChI is InChI=1S/C20H23N3O2.C12H15NO.C4H10/c1-4-14-8-9-16(13-18(14)19(21)24)15-6-5-7-17(12-15)20(25)22-10-11-23(2)3;1-13-9-10(5-4-8-14)11-6-2-3-7-12(11)13;1-3-4-2/h4-9,12-13H,1,10-11H2,2-3H3,(H2,21,24)(H,22,25);2-3,6-7,9,14H,4-5,8H2,1H3;3-4H2,1-2H3. The smallest absolute Gasteiger partial charge is 0.251 e. The van der Waals surface area contributed by atoms with E-state index in [0.29, 0.717) is 23.2 Å². The maximum atomic E-state index is 12.3. The molecule has 0 spiro atoms. The molecule has 0 saturated heterocycles. The molecular formula is C36H48N4O3. The van der Waals surface area contributed by atoms with Crippen molar-refractivity contribution in [2.75, 3.05) is 33.8 Å². The molecule has 230 valence electrons. The number of primary amides is 1. The first-order chi connectivity index (χ1) is 20.7. The number of carbonyl (C=O) groups excluding carboxylic acids is 2. The van der Waals surface area contributed by atoms with Gasteiger partial charge in [0.15, 0.2) is 0 Å². The molecule has 4 rings (SSSR count). The fourth-order valence-corrected chi connectivity index (χ4v) is 4.36. The summed E-state index contributed by atoms with van der Waals surface area (Å²) in [6.45, 7) is 9.67. The van der Waals surface area contributed by atoms with Gasteiger partial charge in [-0.3, -0.25) is 9.59 Å². The lowest BCUT2D eigenvalue weighted by molar-refractivity contribution is 0.0949. The van der Waals surface area contributed by atoms with Gasteiger partial charge in [-0.05, 0) is 73.5 Å². The van der Waals surface area contributed by atoms with Gasteiger partial charge in [0.2, 0.25) is 5.91 Å². The summed E-state index contributed by atoms with van der Waals surface area (Å²) < 4.78 is 2.14. The van der Waals surface area contributed by atoms with Gasteiger partial charge in [0.1, 0.15) is 0 Å². The van der Waals surface area contributed by atoms with Gasteiger partial charge >= 0.3 is 0 Å². The molecule has 0 saturated carbocycles. The number of hydrogen-bond acceptors (Lipinski definition) is 4. The molecule has 0 unspecified atom stereocenters. The topological polar surface area (TPSA) is 101 Å². The molecule has 4 N–H and O–H groups in total. The molecule has 0 fully saturated rings. The molecule has 7 nitrogen and oxygen atoms in total. The maximum absolute atomic E-state index is 12.3. The highest BCUT2D eigenvalue weighted by molar-refractivity contribution is 5.98. The third-order valence-corrected chi connectivity index (χ3v) is 6.93. The molecule has 2 amide bonds. The van der Waals surface area contributed by atoms with Crippen LogP contribution in [0.1, 0.15) is 65.0 Å². The number of amides is 2. The molecule has 0 aliphatic heterocycles. The number of nitrogens with one attached hydrogen (secondary N) is 1. The monoisotopic (exact) mass is 584 g/mol. The van der Waals surface area contributed by atoms with Gasteiger partial charge in [-0.25, -0.2) is 0 Å². The van der Waals surface area contributed by atoms with E-state index in [2.05, 4.69) is 67.8 Å². The molecule has 1 heterocycles. The van der Waals surface area contributed by atoms with Crippen LogP contribution in [0.2, 0.25) is 0 Å². The summed E-state index contributed by atoms with van der Waals surface area (Å²) in [5.74, 6) is -0.629. The van der Waals surface area contributed by atoms with Crippen LogP contribution in [-0.4, -0.2) is 60.2 Å². The van der Waals surface area contributed by atoms with E-state index < -0.39 is 5.91 Å². The van der Waals surface area contributed by atoms with Gasteiger partial charge < -0.3 is 25.6 Å². The van der Waals surface area contributed by atoms with E-state index in [-0.39, 0.29) is 12.5 Å². The number of benzene rings is 3. The van der Waals surface area contributed by atoms with Gasteiger partial charge in [-0.2, -0.15) is 0 Å². The number of aromatic nitrogens is 1. The minimum Gasteiger partial charge on any atom is -0.396 e. The quantitative estimate of drug-likeness (QED) is 0.193. The molecule has 1 aromatic heterocycles. The number of nitrogens with zero attached hydrogens (tertiary/aromatic N) is 2. The zero-order valence-electron chi connectivity index (χ0n) is 26.4. The Morgan fingerprint density at radius 2 is 1.70 bits per heavy atom. The Morgan fingerprint density at radius 1 is 1.00 bits per heavy atom. The van der Waals surface area contributed by atoms with Crippen molar-refractivity contribution < 1.29 is 14.7 Å². The van der Waals surface area contributed by atoms with Crippen LogP contribution in [-0.2, 0) is 13.5 Å². The molecule has 7 heteroatoms. The summed E-state index contributed by atoms with van der Waals surface area (Å²) >= 11 is 0. The van der Waals surface area contributed by atoms with E-state index in [0.717, 1.165) is 30.5 Å². The molecule has 0 radical (unpaired) electrons. The van der Waals surface area contributed by atoms with Crippen molar-refractivity contribution in [3.63, 3.8) is 0 Å². The van der Waals surface area contributed by atoms with Crippen molar-refractivity contribution in [1.82, 2.24) is 14.8 Å². The summed E-state index contributed by atoms with van der Waals surface area (Å²) in [6.07, 6.45) is 8.19. The molecule has 0 bridgehead atoms. The van der Waals surface area contributed by atoms with Crippen molar-refractivity contribution in [2.45, 2.75) is 39.5 Å². The number of unbranched alkanes of at least 4 members (excludes halogenated alkanes) is 1. The Hall–Kier alpha value is -4.20. The van der Waals surface area contributed by atoms with Gasteiger partial charge in [0, 0.05) is 55.0 Å². The SMILES string of the molecule is C=Cc1ccc(-c2cccc(C(=O)NCCN(C)C)c2)cc1C(N)=O.CCCC.Cn1cc(CCCO)c2ccccc21. The number of rotatable bonds is 11. The summed E-state index contributed by atoms with van der Waals surface area (Å²) in [4.78, 5) is 25.9.